The van der Waals surface area contributed by atoms with E-state index in [-0.39, 0.29) is 5.91 Å². The molecular formula is C12H18BrN3OS. The van der Waals surface area contributed by atoms with Crippen LogP contribution in [0.1, 0.15) is 17.7 Å². The smallest absolute Gasteiger partial charge is 0.234 e. The fourth-order valence-electron chi connectivity index (χ4n) is 2.00. The molecule has 0 atom stereocenters. The second-order valence-electron chi connectivity index (χ2n) is 4.60. The van der Waals surface area contributed by atoms with Gasteiger partial charge in [-0.2, -0.15) is 0 Å². The molecule has 1 aromatic rings. The SMILES string of the molecule is NC1CCN(CC(=O)NCc2ccc(Br)s2)CC1. The van der Waals surface area contributed by atoms with E-state index < -0.39 is 0 Å². The van der Waals surface area contributed by atoms with E-state index in [2.05, 4.69) is 26.1 Å². The van der Waals surface area contributed by atoms with Crippen LogP contribution < -0.4 is 11.1 Å². The van der Waals surface area contributed by atoms with E-state index in [1.54, 1.807) is 11.3 Å². The normalized spacial score (nSPS) is 17.9. The van der Waals surface area contributed by atoms with Gasteiger partial charge in [-0.05, 0) is 40.9 Å². The van der Waals surface area contributed by atoms with Crippen molar-refractivity contribution in [1.29, 1.82) is 0 Å². The highest BCUT2D eigenvalue weighted by Gasteiger charge is 2.17. The number of piperidine rings is 1. The minimum Gasteiger partial charge on any atom is -0.350 e. The molecule has 1 fully saturated rings. The van der Waals surface area contributed by atoms with E-state index in [1.165, 1.54) is 0 Å². The largest absolute Gasteiger partial charge is 0.350 e. The molecule has 18 heavy (non-hydrogen) atoms. The number of carbonyl (C=O) groups excluding carboxylic acids is 1. The highest BCUT2D eigenvalue weighted by atomic mass is 79.9. The first kappa shape index (κ1) is 14.0. The average Bonchev–Trinajstić information content (AvgIpc) is 2.76. The molecule has 1 aliphatic heterocycles. The molecule has 1 amide bonds. The predicted octanol–water partition coefficient (Wildman–Crippen LogP) is 1.55. The molecule has 1 aromatic heterocycles. The first-order chi connectivity index (χ1) is 8.63. The van der Waals surface area contributed by atoms with Crippen LogP contribution in [0, 0.1) is 0 Å². The van der Waals surface area contributed by atoms with Crippen molar-refractivity contribution in [2.75, 3.05) is 19.6 Å². The molecule has 1 aliphatic rings. The Morgan fingerprint density at radius 3 is 2.83 bits per heavy atom. The van der Waals surface area contributed by atoms with E-state index in [4.69, 9.17) is 5.73 Å². The fraction of sp³-hybridized carbons (Fsp3) is 0.583. The third-order valence-corrected chi connectivity index (χ3v) is 4.71. The van der Waals surface area contributed by atoms with E-state index >= 15 is 0 Å². The van der Waals surface area contributed by atoms with Gasteiger partial charge in [0.25, 0.3) is 0 Å². The van der Waals surface area contributed by atoms with Crippen LogP contribution in [0.5, 0.6) is 0 Å². The number of nitrogens with zero attached hydrogens (tertiary/aromatic N) is 1. The zero-order valence-corrected chi connectivity index (χ0v) is 12.6. The Balaban J connectivity index is 1.69. The molecule has 2 heterocycles. The quantitative estimate of drug-likeness (QED) is 0.880. The van der Waals surface area contributed by atoms with Gasteiger partial charge in [-0.25, -0.2) is 0 Å². The zero-order valence-electron chi connectivity index (χ0n) is 10.2. The molecular weight excluding hydrogens is 314 g/mol. The number of hydrogen-bond donors (Lipinski definition) is 2. The van der Waals surface area contributed by atoms with Crippen molar-refractivity contribution in [3.8, 4) is 0 Å². The number of thiophene rings is 1. The monoisotopic (exact) mass is 331 g/mol. The highest BCUT2D eigenvalue weighted by molar-refractivity contribution is 9.11. The summed E-state index contributed by atoms with van der Waals surface area (Å²) in [6.45, 7) is 2.96. The summed E-state index contributed by atoms with van der Waals surface area (Å²) in [6, 6.07) is 4.33. The predicted molar refractivity (Wildman–Crippen MR) is 77.5 cm³/mol. The Bertz CT molecular complexity index is 402. The van der Waals surface area contributed by atoms with Crippen LogP contribution in [-0.2, 0) is 11.3 Å². The third-order valence-electron chi connectivity index (χ3n) is 3.09. The summed E-state index contributed by atoms with van der Waals surface area (Å²) in [5.41, 5.74) is 5.83. The van der Waals surface area contributed by atoms with Crippen molar-refractivity contribution in [3.63, 3.8) is 0 Å². The van der Waals surface area contributed by atoms with Crippen molar-refractivity contribution in [2.24, 2.45) is 5.73 Å². The standard InChI is InChI=1S/C12H18BrN3OS/c13-11-2-1-10(18-11)7-15-12(17)8-16-5-3-9(14)4-6-16/h1-2,9H,3-8,14H2,(H,15,17). The van der Waals surface area contributed by atoms with E-state index in [1.807, 2.05) is 12.1 Å². The second-order valence-corrected chi connectivity index (χ2v) is 7.14. The topological polar surface area (TPSA) is 58.4 Å². The van der Waals surface area contributed by atoms with Gasteiger partial charge in [-0.1, -0.05) is 0 Å². The van der Waals surface area contributed by atoms with Crippen LogP contribution >= 0.6 is 27.3 Å². The van der Waals surface area contributed by atoms with Crippen LogP contribution in [0.3, 0.4) is 0 Å². The molecule has 1 saturated heterocycles. The van der Waals surface area contributed by atoms with Gasteiger partial charge in [0, 0.05) is 24.0 Å². The van der Waals surface area contributed by atoms with Crippen LogP contribution in [-0.4, -0.2) is 36.5 Å². The summed E-state index contributed by atoms with van der Waals surface area (Å²) in [5.74, 6) is 0.0926. The van der Waals surface area contributed by atoms with Gasteiger partial charge < -0.3 is 11.1 Å². The number of rotatable bonds is 4. The molecule has 4 nitrogen and oxygen atoms in total. The zero-order chi connectivity index (χ0) is 13.0. The van der Waals surface area contributed by atoms with Crippen molar-refractivity contribution < 1.29 is 4.79 Å². The lowest BCUT2D eigenvalue weighted by atomic mass is 10.1. The Morgan fingerprint density at radius 2 is 2.22 bits per heavy atom. The van der Waals surface area contributed by atoms with Gasteiger partial charge in [-0.15, -0.1) is 11.3 Å². The number of nitrogens with two attached hydrogens (primary N) is 1. The Kier molecular flexibility index (Phi) is 5.17. The lowest BCUT2D eigenvalue weighted by Gasteiger charge is -2.29. The van der Waals surface area contributed by atoms with Crippen molar-refractivity contribution in [2.45, 2.75) is 25.4 Å². The summed E-state index contributed by atoms with van der Waals surface area (Å²) in [7, 11) is 0. The minimum atomic E-state index is 0.0926. The van der Waals surface area contributed by atoms with Crippen LogP contribution in [0.2, 0.25) is 0 Å². The van der Waals surface area contributed by atoms with Gasteiger partial charge >= 0.3 is 0 Å². The second kappa shape index (κ2) is 6.65. The Morgan fingerprint density at radius 1 is 1.50 bits per heavy atom. The molecule has 0 unspecified atom stereocenters. The first-order valence-electron chi connectivity index (χ1n) is 6.12. The summed E-state index contributed by atoms with van der Waals surface area (Å²) >= 11 is 5.06. The Hall–Kier alpha value is -0.430. The van der Waals surface area contributed by atoms with Crippen molar-refractivity contribution >= 4 is 33.2 Å². The summed E-state index contributed by atoms with van der Waals surface area (Å²) in [4.78, 5) is 15.1. The van der Waals surface area contributed by atoms with Crippen LogP contribution in [0.15, 0.2) is 15.9 Å². The lowest BCUT2D eigenvalue weighted by Crippen LogP contribution is -2.44. The Labute approximate surface area is 120 Å². The summed E-state index contributed by atoms with van der Waals surface area (Å²) < 4.78 is 1.09. The maximum Gasteiger partial charge on any atom is 0.234 e. The van der Waals surface area contributed by atoms with Gasteiger partial charge in [0.15, 0.2) is 0 Å². The fourth-order valence-corrected chi connectivity index (χ4v) is 3.43. The van der Waals surface area contributed by atoms with Crippen molar-refractivity contribution in [3.05, 3.63) is 20.8 Å². The minimum absolute atomic E-state index is 0.0926. The van der Waals surface area contributed by atoms with Crippen LogP contribution in [0.25, 0.3) is 0 Å². The van der Waals surface area contributed by atoms with E-state index in [0.717, 1.165) is 34.6 Å². The lowest BCUT2D eigenvalue weighted by molar-refractivity contribution is -0.122. The molecule has 0 saturated carbocycles. The summed E-state index contributed by atoms with van der Waals surface area (Å²) in [5, 5.41) is 2.95. The average molecular weight is 332 g/mol. The van der Waals surface area contributed by atoms with Gasteiger partial charge in [-0.3, -0.25) is 9.69 Å². The molecule has 100 valence electrons. The number of halogens is 1. The molecule has 2 rings (SSSR count). The molecule has 0 bridgehead atoms. The van der Waals surface area contributed by atoms with E-state index in [9.17, 15) is 4.79 Å². The summed E-state index contributed by atoms with van der Waals surface area (Å²) in [6.07, 6.45) is 1.98. The first-order valence-corrected chi connectivity index (χ1v) is 7.73. The number of nitrogens with one attached hydrogen (secondary N) is 1. The number of carbonyl (C=O) groups is 1. The highest BCUT2D eigenvalue weighted by Crippen LogP contribution is 2.21. The maximum atomic E-state index is 11.8. The van der Waals surface area contributed by atoms with E-state index in [0.29, 0.717) is 19.1 Å². The molecule has 0 spiro atoms. The molecule has 0 aliphatic carbocycles. The number of amides is 1. The number of likely N-dealkylation sites (tertiary alicyclic amines) is 1. The molecule has 0 aromatic carbocycles. The van der Waals surface area contributed by atoms with Crippen LogP contribution in [0.4, 0.5) is 0 Å². The molecule has 3 N–H and O–H groups in total. The van der Waals surface area contributed by atoms with Gasteiger partial charge in [0.1, 0.15) is 0 Å². The third kappa shape index (κ3) is 4.35. The molecule has 0 radical (unpaired) electrons. The molecule has 6 heteroatoms. The van der Waals surface area contributed by atoms with Gasteiger partial charge in [0.2, 0.25) is 5.91 Å². The number of hydrogen-bond acceptors (Lipinski definition) is 4. The van der Waals surface area contributed by atoms with Gasteiger partial charge in [0.05, 0.1) is 16.9 Å². The van der Waals surface area contributed by atoms with Crippen molar-refractivity contribution in [1.82, 2.24) is 10.2 Å². The maximum absolute atomic E-state index is 11.8.